The fourth-order valence-corrected chi connectivity index (χ4v) is 0.947. The van der Waals surface area contributed by atoms with E-state index in [1.165, 1.54) is 6.92 Å². The van der Waals surface area contributed by atoms with Crippen molar-refractivity contribution in [3.05, 3.63) is 0 Å². The third-order valence-corrected chi connectivity index (χ3v) is 1.74. The Morgan fingerprint density at radius 3 is 2.00 bits per heavy atom. The Hall–Kier alpha value is -0.940. The summed E-state index contributed by atoms with van der Waals surface area (Å²) >= 11 is 0. The number of amides is 1. The van der Waals surface area contributed by atoms with Gasteiger partial charge in [0.2, 0.25) is 5.91 Å². The van der Waals surface area contributed by atoms with E-state index in [1.54, 1.807) is 0 Å². The maximum atomic E-state index is 11.1. The molecule has 0 aliphatic heterocycles. The Bertz CT molecular complexity index is 190. The Labute approximate surface area is 96.9 Å². The summed E-state index contributed by atoms with van der Waals surface area (Å²) in [6, 6.07) is -0.597. The molecule has 0 saturated heterocycles. The number of carbonyl (C=O) groups is 2. The Morgan fingerprint density at radius 2 is 1.62 bits per heavy atom. The summed E-state index contributed by atoms with van der Waals surface area (Å²) in [5.41, 5.74) is 0. The Morgan fingerprint density at radius 1 is 1.12 bits per heavy atom. The topological polar surface area (TPSA) is 86.6 Å². The van der Waals surface area contributed by atoms with E-state index in [4.69, 9.17) is 10.2 Å². The molecule has 0 aromatic rings. The lowest BCUT2D eigenvalue weighted by Crippen LogP contribution is -2.39. The van der Waals surface area contributed by atoms with Gasteiger partial charge >= 0.3 is 0 Å². The zero-order valence-electron chi connectivity index (χ0n) is 10.3. The summed E-state index contributed by atoms with van der Waals surface area (Å²) in [5, 5.41) is 19.8. The van der Waals surface area contributed by atoms with Crippen LogP contribution in [0.3, 0.4) is 0 Å². The van der Waals surface area contributed by atoms with Gasteiger partial charge in [0.1, 0.15) is 5.78 Å². The molecule has 3 N–H and O–H groups in total. The summed E-state index contributed by atoms with van der Waals surface area (Å²) in [4.78, 5) is 21.7. The van der Waals surface area contributed by atoms with E-state index in [0.29, 0.717) is 12.8 Å². The Kier molecular flexibility index (Phi) is 13.2. The number of aliphatic hydroxyl groups excluding tert-OH is 2. The van der Waals surface area contributed by atoms with Crippen LogP contribution in [-0.2, 0) is 9.59 Å². The first-order valence-electron chi connectivity index (χ1n) is 5.60. The first-order valence-corrected chi connectivity index (χ1v) is 5.60. The van der Waals surface area contributed by atoms with Crippen molar-refractivity contribution in [1.29, 1.82) is 0 Å². The van der Waals surface area contributed by atoms with Crippen molar-refractivity contribution in [2.24, 2.45) is 0 Å². The van der Waals surface area contributed by atoms with Crippen LogP contribution in [0.5, 0.6) is 0 Å². The van der Waals surface area contributed by atoms with E-state index in [0.717, 1.165) is 0 Å². The average molecular weight is 233 g/mol. The van der Waals surface area contributed by atoms with Crippen molar-refractivity contribution in [3.63, 3.8) is 0 Å². The molecule has 16 heavy (non-hydrogen) atoms. The monoisotopic (exact) mass is 233 g/mol. The van der Waals surface area contributed by atoms with Crippen molar-refractivity contribution in [3.8, 4) is 0 Å². The van der Waals surface area contributed by atoms with Gasteiger partial charge in [-0.2, -0.15) is 0 Å². The number of nitrogens with one attached hydrogen (secondary N) is 1. The predicted octanol–water partition coefficient (Wildman–Crippen LogP) is 0.241. The molecule has 0 spiro atoms. The van der Waals surface area contributed by atoms with Crippen LogP contribution in [0.25, 0.3) is 0 Å². The smallest absolute Gasteiger partial charge is 0.220 e. The van der Waals surface area contributed by atoms with Gasteiger partial charge in [-0.3, -0.25) is 4.79 Å². The fourth-order valence-electron chi connectivity index (χ4n) is 0.947. The molecule has 1 amide bonds. The van der Waals surface area contributed by atoms with Gasteiger partial charge in [0.15, 0.2) is 0 Å². The van der Waals surface area contributed by atoms with E-state index < -0.39 is 6.04 Å². The van der Waals surface area contributed by atoms with Gasteiger partial charge in [0.05, 0.1) is 19.3 Å². The highest BCUT2D eigenvalue weighted by molar-refractivity contribution is 5.78. The van der Waals surface area contributed by atoms with Gasteiger partial charge in [-0.25, -0.2) is 0 Å². The lowest BCUT2D eigenvalue weighted by molar-refractivity contribution is -0.122. The molecule has 0 radical (unpaired) electrons. The molecule has 0 heterocycles. The van der Waals surface area contributed by atoms with E-state index in [1.807, 2.05) is 13.8 Å². The third kappa shape index (κ3) is 11.1. The van der Waals surface area contributed by atoms with Crippen LogP contribution in [0.2, 0.25) is 0 Å². The number of Topliss-reactive ketones (excluding diaryl/α,β-unsaturated/α-hetero) is 1. The van der Waals surface area contributed by atoms with E-state index in [9.17, 15) is 9.59 Å². The SMILES string of the molecule is CC.CC(=O)CCCC(=O)NC(CO)CO. The van der Waals surface area contributed by atoms with Crippen molar-refractivity contribution < 1.29 is 19.8 Å². The van der Waals surface area contributed by atoms with Crippen molar-refractivity contribution in [2.75, 3.05) is 13.2 Å². The average Bonchev–Trinajstić information content (AvgIpc) is 2.28. The first kappa shape index (κ1) is 17.5. The summed E-state index contributed by atoms with van der Waals surface area (Å²) in [6.45, 7) is 4.91. The lowest BCUT2D eigenvalue weighted by atomic mass is 10.2. The molecule has 0 aromatic carbocycles. The second-order valence-electron chi connectivity index (χ2n) is 3.19. The number of hydrogen-bond acceptors (Lipinski definition) is 4. The molecule has 0 saturated carbocycles. The van der Waals surface area contributed by atoms with Gasteiger partial charge in [-0.05, 0) is 13.3 Å². The van der Waals surface area contributed by atoms with Gasteiger partial charge in [-0.1, -0.05) is 13.8 Å². The fraction of sp³-hybridized carbons (Fsp3) is 0.818. The standard InChI is InChI=1S/C9H17NO4.C2H6/c1-7(13)3-2-4-9(14)10-8(5-11)6-12;1-2/h8,11-12H,2-6H2,1H3,(H,10,14);1-2H3. The minimum Gasteiger partial charge on any atom is -0.394 e. The van der Waals surface area contributed by atoms with Crippen molar-refractivity contribution in [1.82, 2.24) is 5.32 Å². The molecule has 0 aromatic heterocycles. The summed E-state index contributed by atoms with van der Waals surface area (Å²) in [6.07, 6.45) is 1.14. The highest BCUT2D eigenvalue weighted by atomic mass is 16.3. The van der Waals surface area contributed by atoms with E-state index in [-0.39, 0.29) is 31.3 Å². The van der Waals surface area contributed by atoms with Crippen LogP contribution in [0.4, 0.5) is 0 Å². The molecule has 0 fully saturated rings. The molecule has 0 atom stereocenters. The third-order valence-electron chi connectivity index (χ3n) is 1.74. The van der Waals surface area contributed by atoms with Crippen molar-refractivity contribution >= 4 is 11.7 Å². The summed E-state index contributed by atoms with van der Waals surface area (Å²) < 4.78 is 0. The van der Waals surface area contributed by atoms with Gasteiger partial charge in [0, 0.05) is 12.8 Å². The summed E-state index contributed by atoms with van der Waals surface area (Å²) in [5.74, 6) is -0.196. The molecule has 0 unspecified atom stereocenters. The lowest BCUT2D eigenvalue weighted by Gasteiger charge is -2.12. The van der Waals surface area contributed by atoms with Crippen LogP contribution in [0, 0.1) is 0 Å². The first-order chi connectivity index (χ1) is 7.60. The molecule has 5 nitrogen and oxygen atoms in total. The van der Waals surface area contributed by atoms with Gasteiger partial charge < -0.3 is 20.3 Å². The van der Waals surface area contributed by atoms with Crippen LogP contribution in [0.1, 0.15) is 40.0 Å². The molecule has 0 aliphatic rings. The molecular formula is C11H23NO4. The quantitative estimate of drug-likeness (QED) is 0.588. The van der Waals surface area contributed by atoms with Crippen LogP contribution in [-0.4, -0.2) is 41.2 Å². The van der Waals surface area contributed by atoms with Gasteiger partial charge in [0.25, 0.3) is 0 Å². The summed E-state index contributed by atoms with van der Waals surface area (Å²) in [7, 11) is 0. The van der Waals surface area contributed by atoms with Gasteiger partial charge in [-0.15, -0.1) is 0 Å². The number of hydrogen-bond donors (Lipinski definition) is 3. The van der Waals surface area contributed by atoms with Crippen LogP contribution >= 0.6 is 0 Å². The normalized spacial score (nSPS) is 9.38. The minimum absolute atomic E-state index is 0.0543. The number of aliphatic hydroxyl groups is 2. The maximum absolute atomic E-state index is 11.1. The largest absolute Gasteiger partial charge is 0.394 e. The highest BCUT2D eigenvalue weighted by Crippen LogP contribution is 1.96. The predicted molar refractivity (Wildman–Crippen MR) is 62.0 cm³/mol. The van der Waals surface area contributed by atoms with E-state index in [2.05, 4.69) is 5.32 Å². The molecule has 0 aliphatic carbocycles. The second kappa shape index (κ2) is 12.1. The molecule has 0 rings (SSSR count). The zero-order valence-corrected chi connectivity index (χ0v) is 10.3. The number of ketones is 1. The molecule has 0 bridgehead atoms. The van der Waals surface area contributed by atoms with Crippen LogP contribution in [0.15, 0.2) is 0 Å². The minimum atomic E-state index is -0.597. The van der Waals surface area contributed by atoms with Crippen molar-refractivity contribution in [2.45, 2.75) is 46.1 Å². The zero-order chi connectivity index (χ0) is 13.0. The number of carbonyl (C=O) groups excluding carboxylic acids is 2. The van der Waals surface area contributed by atoms with Crippen LogP contribution < -0.4 is 5.32 Å². The highest BCUT2D eigenvalue weighted by Gasteiger charge is 2.09. The molecular weight excluding hydrogens is 210 g/mol. The molecule has 96 valence electrons. The molecule has 5 heteroatoms. The second-order valence-corrected chi connectivity index (χ2v) is 3.19. The number of rotatable bonds is 7. The Balaban J connectivity index is 0. The maximum Gasteiger partial charge on any atom is 0.220 e. The van der Waals surface area contributed by atoms with E-state index >= 15 is 0 Å².